The van der Waals surface area contributed by atoms with Gasteiger partial charge >= 0.3 is 11.9 Å². The average molecular weight is 1200 g/mol. The third kappa shape index (κ3) is 69.1. The van der Waals surface area contributed by atoms with Crippen LogP contribution in [0.15, 0.2) is 48.6 Å². The molecular weight excluding hydrogens is 1060 g/mol. The van der Waals surface area contributed by atoms with E-state index in [0.29, 0.717) is 17.4 Å². The van der Waals surface area contributed by atoms with Gasteiger partial charge in [-0.1, -0.05) is 319 Å². The Balaban J connectivity index is 3.94. The smallest absolute Gasteiger partial charge is 0.306 e. The van der Waals surface area contributed by atoms with Crippen molar-refractivity contribution in [2.24, 2.45) is 0 Å². The van der Waals surface area contributed by atoms with Crippen LogP contribution in [0.25, 0.3) is 0 Å². The van der Waals surface area contributed by atoms with E-state index in [-0.39, 0.29) is 32.0 Å². The van der Waals surface area contributed by atoms with Crippen LogP contribution in [0.5, 0.6) is 0 Å². The third-order valence-corrected chi connectivity index (χ3v) is 17.3. The van der Waals surface area contributed by atoms with Crippen molar-refractivity contribution in [2.45, 2.75) is 367 Å². The number of likely N-dealkylation sites (N-methyl/N-ethyl adjacent to an activating group) is 1. The lowest BCUT2D eigenvalue weighted by Crippen LogP contribution is -2.37. The fraction of sp³-hybridized carbons (Fsp3) is 0.865. The minimum absolute atomic E-state index is 0.0316. The highest BCUT2D eigenvalue weighted by Gasteiger charge is 2.22. The highest BCUT2D eigenvalue weighted by molar-refractivity contribution is 7.45. The molecule has 0 aromatic carbocycles. The van der Waals surface area contributed by atoms with Gasteiger partial charge in [-0.15, -0.1) is 0 Å². The molecular formula is C74H140NO8P. The number of unbranched alkanes of at least 4 members (excludes halogenated alkanes) is 46. The van der Waals surface area contributed by atoms with Gasteiger partial charge in [-0.05, 0) is 77.0 Å². The van der Waals surface area contributed by atoms with Crippen LogP contribution < -0.4 is 4.89 Å². The fourth-order valence-electron chi connectivity index (χ4n) is 10.7. The number of phosphoric ester groups is 1. The molecule has 0 aliphatic carbocycles. The molecule has 0 amide bonds. The number of hydrogen-bond acceptors (Lipinski definition) is 8. The summed E-state index contributed by atoms with van der Waals surface area (Å²) >= 11 is 0. The molecule has 0 saturated heterocycles. The predicted octanol–water partition coefficient (Wildman–Crippen LogP) is 23.0. The van der Waals surface area contributed by atoms with Crippen LogP contribution in [-0.4, -0.2) is 70.0 Å². The van der Waals surface area contributed by atoms with E-state index in [4.69, 9.17) is 18.5 Å². The Bertz CT molecular complexity index is 1560. The summed E-state index contributed by atoms with van der Waals surface area (Å²) < 4.78 is 34.3. The molecule has 0 aromatic heterocycles. The van der Waals surface area contributed by atoms with Gasteiger partial charge in [0.05, 0.1) is 27.7 Å². The van der Waals surface area contributed by atoms with Crippen LogP contribution in [0, 0.1) is 0 Å². The van der Waals surface area contributed by atoms with Crippen molar-refractivity contribution in [3.63, 3.8) is 0 Å². The van der Waals surface area contributed by atoms with Gasteiger partial charge in [0.1, 0.15) is 19.8 Å². The topological polar surface area (TPSA) is 111 Å². The molecule has 0 rings (SSSR count). The van der Waals surface area contributed by atoms with Crippen molar-refractivity contribution in [1.82, 2.24) is 0 Å². The summed E-state index contributed by atoms with van der Waals surface area (Å²) in [5, 5.41) is 0. The minimum Gasteiger partial charge on any atom is -0.756 e. The lowest BCUT2D eigenvalue weighted by atomic mass is 10.0. The van der Waals surface area contributed by atoms with Crippen molar-refractivity contribution in [2.75, 3.05) is 47.5 Å². The number of allylic oxidation sites excluding steroid dienone is 8. The third-order valence-electron chi connectivity index (χ3n) is 16.3. The van der Waals surface area contributed by atoms with Crippen LogP contribution in [0.1, 0.15) is 361 Å². The first-order valence-electron chi connectivity index (χ1n) is 36.3. The monoisotopic (exact) mass is 1200 g/mol. The average Bonchev–Trinajstić information content (AvgIpc) is 3.61. The Labute approximate surface area is 522 Å². The second kappa shape index (κ2) is 65.4. The molecule has 0 saturated carbocycles. The van der Waals surface area contributed by atoms with E-state index in [1.54, 1.807) is 0 Å². The Morgan fingerprint density at radius 1 is 0.369 bits per heavy atom. The van der Waals surface area contributed by atoms with E-state index in [9.17, 15) is 19.0 Å². The van der Waals surface area contributed by atoms with Gasteiger partial charge in [-0.25, -0.2) is 0 Å². The maximum absolute atomic E-state index is 12.8. The van der Waals surface area contributed by atoms with E-state index >= 15 is 0 Å². The molecule has 0 spiro atoms. The molecule has 0 fully saturated rings. The minimum atomic E-state index is -4.64. The summed E-state index contributed by atoms with van der Waals surface area (Å²) in [6.07, 6.45) is 85.0. The zero-order valence-electron chi connectivity index (χ0n) is 56.4. The molecule has 9 nitrogen and oxygen atoms in total. The van der Waals surface area contributed by atoms with E-state index in [2.05, 4.69) is 62.5 Å². The maximum atomic E-state index is 12.8. The molecule has 10 heteroatoms. The fourth-order valence-corrected chi connectivity index (χ4v) is 11.5. The second-order valence-electron chi connectivity index (χ2n) is 26.0. The Morgan fingerprint density at radius 2 is 0.643 bits per heavy atom. The molecule has 0 aliphatic rings. The maximum Gasteiger partial charge on any atom is 0.306 e. The number of hydrogen-bond donors (Lipinski definition) is 0. The van der Waals surface area contributed by atoms with Gasteiger partial charge in [-0.2, -0.15) is 0 Å². The molecule has 84 heavy (non-hydrogen) atoms. The molecule has 0 aliphatic heterocycles. The summed E-state index contributed by atoms with van der Waals surface area (Å²) in [4.78, 5) is 38.0. The first-order chi connectivity index (χ1) is 41.0. The van der Waals surface area contributed by atoms with Crippen molar-refractivity contribution < 1.29 is 42.1 Å². The lowest BCUT2D eigenvalue weighted by molar-refractivity contribution is -0.870. The number of quaternary nitrogens is 1. The lowest BCUT2D eigenvalue weighted by Gasteiger charge is -2.28. The summed E-state index contributed by atoms with van der Waals surface area (Å²) in [5.74, 6) is -0.825. The van der Waals surface area contributed by atoms with Crippen molar-refractivity contribution >= 4 is 19.8 Å². The SMILES string of the molecule is CCCCCCC/C=C\C/C=C\C/C=C\CCCCCCCCCCC(=O)OC(COC(=O)CCCCCCCCCCCCCCCCCCCCCCCCCCC/C=C\CCCCCCCCCC)COP(=O)([O-])OCC[N+](C)(C)C. The molecule has 2 atom stereocenters. The normalized spacial score (nSPS) is 13.4. The molecule has 0 heterocycles. The van der Waals surface area contributed by atoms with Crippen LogP contribution in [-0.2, 0) is 32.7 Å². The number of esters is 2. The number of phosphoric acid groups is 1. The van der Waals surface area contributed by atoms with E-state index in [1.165, 1.54) is 270 Å². The number of carbonyl (C=O) groups excluding carboxylic acids is 2. The van der Waals surface area contributed by atoms with Crippen molar-refractivity contribution in [1.29, 1.82) is 0 Å². The van der Waals surface area contributed by atoms with E-state index in [1.807, 2.05) is 21.1 Å². The Hall–Kier alpha value is -2.03. The van der Waals surface area contributed by atoms with Gasteiger partial charge < -0.3 is 27.9 Å². The molecule has 494 valence electrons. The quantitative estimate of drug-likeness (QED) is 0.0195. The summed E-state index contributed by atoms with van der Waals surface area (Å²) in [5.41, 5.74) is 0. The molecule has 0 radical (unpaired) electrons. The zero-order chi connectivity index (χ0) is 61.2. The first kappa shape index (κ1) is 82.0. The van der Waals surface area contributed by atoms with Crippen LogP contribution >= 0.6 is 7.82 Å². The standard InChI is InChI=1S/C74H140NO8P/c1-6-8-10-12-14-16-18-20-22-24-26-28-30-31-32-33-34-35-36-37-38-39-40-41-42-43-45-46-48-50-52-54-56-58-60-62-64-66-73(76)80-70-72(71-82-84(78,79)81-69-68-75(3,4)5)83-74(77)67-65-63-61-59-57-55-53-51-49-47-44-29-27-25-23-21-19-17-15-13-11-9-7-2/h19,21,24-27,44,47,72H,6-18,20,22-23,28-43,45-46,48-71H2,1-5H3/b21-19-,26-24-,27-25-,47-44-. The van der Waals surface area contributed by atoms with E-state index < -0.39 is 26.5 Å². The van der Waals surface area contributed by atoms with Crippen molar-refractivity contribution in [3.8, 4) is 0 Å². The Kier molecular flexibility index (Phi) is 63.8. The number of rotatable bonds is 68. The predicted molar refractivity (Wildman–Crippen MR) is 360 cm³/mol. The molecule has 0 aromatic rings. The zero-order valence-corrected chi connectivity index (χ0v) is 57.3. The summed E-state index contributed by atoms with van der Waals surface area (Å²) in [6.45, 7) is 4.27. The summed E-state index contributed by atoms with van der Waals surface area (Å²) in [7, 11) is 1.17. The molecule has 2 unspecified atom stereocenters. The van der Waals surface area contributed by atoms with Gasteiger partial charge in [-0.3, -0.25) is 14.2 Å². The molecule has 0 N–H and O–H groups in total. The van der Waals surface area contributed by atoms with E-state index in [0.717, 1.165) is 57.8 Å². The highest BCUT2D eigenvalue weighted by Crippen LogP contribution is 2.38. The number of carbonyl (C=O) groups is 2. The molecule has 0 bridgehead atoms. The van der Waals surface area contributed by atoms with Gasteiger partial charge in [0.15, 0.2) is 6.10 Å². The van der Waals surface area contributed by atoms with Crippen LogP contribution in [0.2, 0.25) is 0 Å². The second-order valence-corrected chi connectivity index (χ2v) is 27.4. The highest BCUT2D eigenvalue weighted by atomic mass is 31.2. The van der Waals surface area contributed by atoms with Crippen LogP contribution in [0.4, 0.5) is 0 Å². The van der Waals surface area contributed by atoms with Gasteiger partial charge in [0.2, 0.25) is 0 Å². The van der Waals surface area contributed by atoms with Crippen molar-refractivity contribution in [3.05, 3.63) is 48.6 Å². The largest absolute Gasteiger partial charge is 0.756 e. The van der Waals surface area contributed by atoms with Gasteiger partial charge in [0, 0.05) is 12.8 Å². The Morgan fingerprint density at radius 3 is 0.964 bits per heavy atom. The number of ether oxygens (including phenoxy) is 2. The summed E-state index contributed by atoms with van der Waals surface area (Å²) in [6, 6.07) is 0. The first-order valence-corrected chi connectivity index (χ1v) is 37.8. The van der Waals surface area contributed by atoms with Gasteiger partial charge in [0.25, 0.3) is 7.82 Å². The number of nitrogens with zero attached hydrogens (tertiary/aromatic N) is 1. The van der Waals surface area contributed by atoms with Crippen LogP contribution in [0.3, 0.4) is 0 Å².